The summed E-state index contributed by atoms with van der Waals surface area (Å²) in [5, 5.41) is 11.8. The van der Waals surface area contributed by atoms with Gasteiger partial charge in [0.2, 0.25) is 0 Å². The van der Waals surface area contributed by atoms with Gasteiger partial charge >= 0.3 is 0 Å². The fraction of sp³-hybridized carbons (Fsp3) is 0.375. The van der Waals surface area contributed by atoms with Crippen molar-refractivity contribution in [1.82, 2.24) is 0 Å². The Morgan fingerprint density at radius 3 is 2.46 bits per heavy atom. The first-order chi connectivity index (χ1) is 5.52. The zero-order valence-electron chi connectivity index (χ0n) is 7.45. The Hall–Kier alpha value is -0.670. The number of anilines is 1. The highest BCUT2D eigenvalue weighted by Gasteiger charge is 2.10. The lowest BCUT2D eigenvalue weighted by Crippen LogP contribution is -2.35. The Kier molecular flexibility index (Phi) is 4.30. The number of nitrogens with two attached hydrogens (primary N) is 1. The lowest BCUT2D eigenvalue weighted by atomic mass is 10.1. The molecule has 0 unspecified atom stereocenters. The number of aromatic nitrogens is 1. The quantitative estimate of drug-likeness (QED) is 0.585. The highest BCUT2D eigenvalue weighted by Crippen LogP contribution is 2.17. The molecule has 0 amide bonds. The Bertz CT molecular complexity index is 302. The second-order valence-electron chi connectivity index (χ2n) is 2.97. The molecule has 0 saturated carbocycles. The third-order valence-corrected chi connectivity index (χ3v) is 1.85. The summed E-state index contributed by atoms with van der Waals surface area (Å²) in [4.78, 5) is 0. The maximum atomic E-state index is 11.3. The van der Waals surface area contributed by atoms with Crippen molar-refractivity contribution in [2.24, 2.45) is 0 Å². The molecule has 0 aromatic carbocycles. The second kappa shape index (κ2) is 4.53. The lowest BCUT2D eigenvalue weighted by molar-refractivity contribution is -0.600. The molecule has 0 saturated heterocycles. The molecule has 1 aromatic rings. The molecule has 0 aliphatic carbocycles. The Morgan fingerprint density at radius 2 is 2.00 bits per heavy atom. The van der Waals surface area contributed by atoms with Crippen LogP contribution in [0.2, 0.25) is 5.02 Å². The van der Waals surface area contributed by atoms with Crippen LogP contribution in [0.3, 0.4) is 0 Å². The summed E-state index contributed by atoms with van der Waals surface area (Å²) in [6.07, 6.45) is 0. The van der Waals surface area contributed by atoms with Crippen molar-refractivity contribution in [2.75, 3.05) is 5.73 Å². The molecular weight excluding hydrogens is 211 g/mol. The summed E-state index contributed by atoms with van der Waals surface area (Å²) in [6, 6.07) is 3.08. The Balaban J connectivity index is 0.00000144. The van der Waals surface area contributed by atoms with E-state index in [0.29, 0.717) is 15.4 Å². The van der Waals surface area contributed by atoms with Crippen LogP contribution in [-0.2, 0) is 0 Å². The maximum Gasteiger partial charge on any atom is 0.277 e. The van der Waals surface area contributed by atoms with E-state index in [1.54, 1.807) is 6.07 Å². The molecule has 1 heterocycles. The Labute approximate surface area is 88.5 Å². The van der Waals surface area contributed by atoms with Gasteiger partial charge in [0.05, 0.1) is 5.02 Å². The SMILES string of the molecule is CC(C)c1cc(Cl)cc(N)[n+]1[O-].Cl. The molecule has 3 nitrogen and oxygen atoms in total. The van der Waals surface area contributed by atoms with Crippen molar-refractivity contribution in [3.8, 4) is 0 Å². The van der Waals surface area contributed by atoms with Gasteiger partial charge in [-0.15, -0.1) is 12.4 Å². The van der Waals surface area contributed by atoms with Crippen LogP contribution < -0.4 is 10.5 Å². The van der Waals surface area contributed by atoms with Crippen molar-refractivity contribution < 1.29 is 4.73 Å². The molecule has 2 N–H and O–H groups in total. The van der Waals surface area contributed by atoms with Gasteiger partial charge in [0.15, 0.2) is 0 Å². The van der Waals surface area contributed by atoms with E-state index in [1.165, 1.54) is 6.07 Å². The lowest BCUT2D eigenvalue weighted by Gasteiger charge is -2.13. The van der Waals surface area contributed by atoms with Crippen LogP contribution in [0, 0.1) is 5.21 Å². The van der Waals surface area contributed by atoms with Gasteiger partial charge in [-0.3, -0.25) is 5.73 Å². The highest BCUT2D eigenvalue weighted by atomic mass is 35.5. The molecule has 0 bridgehead atoms. The van der Waals surface area contributed by atoms with E-state index in [4.69, 9.17) is 17.3 Å². The first-order valence-electron chi connectivity index (χ1n) is 3.71. The smallest absolute Gasteiger partial charge is 0.277 e. The van der Waals surface area contributed by atoms with Crippen molar-refractivity contribution in [3.05, 3.63) is 28.1 Å². The number of halogens is 2. The molecule has 0 fully saturated rings. The zero-order valence-corrected chi connectivity index (χ0v) is 9.02. The maximum absolute atomic E-state index is 11.3. The standard InChI is InChI=1S/C8H11ClN2O.ClH/c1-5(2)7-3-6(9)4-8(10)11(7)12;/h3-5H,10H2,1-2H3;1H. The molecular formula is C8H12Cl2N2O. The van der Waals surface area contributed by atoms with Gasteiger partial charge in [-0.2, -0.15) is 0 Å². The van der Waals surface area contributed by atoms with E-state index < -0.39 is 0 Å². The minimum absolute atomic E-state index is 0. The normalized spacial score (nSPS) is 9.85. The van der Waals surface area contributed by atoms with E-state index in [-0.39, 0.29) is 24.1 Å². The topological polar surface area (TPSA) is 53.0 Å². The van der Waals surface area contributed by atoms with Crippen LogP contribution in [0.4, 0.5) is 5.82 Å². The fourth-order valence-electron chi connectivity index (χ4n) is 0.992. The van der Waals surface area contributed by atoms with Gasteiger partial charge < -0.3 is 5.21 Å². The molecule has 0 aliphatic heterocycles. The molecule has 0 atom stereocenters. The fourth-order valence-corrected chi connectivity index (χ4v) is 1.22. The first kappa shape index (κ1) is 12.3. The van der Waals surface area contributed by atoms with E-state index >= 15 is 0 Å². The number of hydrogen-bond acceptors (Lipinski definition) is 2. The number of nitrogens with zero attached hydrogens (tertiary/aromatic N) is 1. The average Bonchev–Trinajstić information content (AvgIpc) is 1.96. The predicted octanol–water partition coefficient (Wildman–Crippen LogP) is 2.10. The number of nitrogen functional groups attached to an aromatic ring is 1. The van der Waals surface area contributed by atoms with E-state index in [2.05, 4.69) is 0 Å². The van der Waals surface area contributed by atoms with Crippen LogP contribution in [0.5, 0.6) is 0 Å². The minimum atomic E-state index is 0. The summed E-state index contributed by atoms with van der Waals surface area (Å²) in [5.41, 5.74) is 6.02. The van der Waals surface area contributed by atoms with Crippen molar-refractivity contribution in [2.45, 2.75) is 19.8 Å². The summed E-state index contributed by atoms with van der Waals surface area (Å²) in [5.74, 6) is 0.273. The molecule has 5 heteroatoms. The van der Waals surface area contributed by atoms with Gasteiger partial charge in [0.25, 0.3) is 5.82 Å². The van der Waals surface area contributed by atoms with Gasteiger partial charge in [-0.1, -0.05) is 25.4 Å². The van der Waals surface area contributed by atoms with Gasteiger partial charge in [0, 0.05) is 18.1 Å². The molecule has 0 spiro atoms. The van der Waals surface area contributed by atoms with Crippen LogP contribution >= 0.6 is 24.0 Å². The van der Waals surface area contributed by atoms with Crippen LogP contribution in [0.15, 0.2) is 12.1 Å². The molecule has 1 aromatic heterocycles. The number of hydrogen-bond donors (Lipinski definition) is 1. The zero-order chi connectivity index (χ0) is 9.30. The van der Waals surface area contributed by atoms with E-state index in [1.807, 2.05) is 13.8 Å². The highest BCUT2D eigenvalue weighted by molar-refractivity contribution is 6.30. The molecule has 0 radical (unpaired) electrons. The average molecular weight is 223 g/mol. The number of pyridine rings is 1. The van der Waals surface area contributed by atoms with Crippen molar-refractivity contribution >= 4 is 29.8 Å². The van der Waals surface area contributed by atoms with Crippen molar-refractivity contribution in [3.63, 3.8) is 0 Å². The van der Waals surface area contributed by atoms with Gasteiger partial charge in [0.1, 0.15) is 5.69 Å². The predicted molar refractivity (Wildman–Crippen MR) is 56.2 cm³/mol. The van der Waals surface area contributed by atoms with Crippen LogP contribution in [0.25, 0.3) is 0 Å². The molecule has 74 valence electrons. The monoisotopic (exact) mass is 222 g/mol. The summed E-state index contributed by atoms with van der Waals surface area (Å²) in [6.45, 7) is 3.83. The first-order valence-corrected chi connectivity index (χ1v) is 4.08. The summed E-state index contributed by atoms with van der Waals surface area (Å²) < 4.78 is 0.705. The van der Waals surface area contributed by atoms with Crippen molar-refractivity contribution in [1.29, 1.82) is 0 Å². The van der Waals surface area contributed by atoms with Crippen LogP contribution in [-0.4, -0.2) is 0 Å². The molecule has 0 aliphatic rings. The summed E-state index contributed by atoms with van der Waals surface area (Å²) in [7, 11) is 0. The summed E-state index contributed by atoms with van der Waals surface area (Å²) >= 11 is 5.73. The Morgan fingerprint density at radius 1 is 1.46 bits per heavy atom. The minimum Gasteiger partial charge on any atom is -0.710 e. The largest absolute Gasteiger partial charge is 0.710 e. The van der Waals surface area contributed by atoms with Crippen LogP contribution in [0.1, 0.15) is 25.5 Å². The third kappa shape index (κ3) is 2.64. The third-order valence-electron chi connectivity index (χ3n) is 1.63. The van der Waals surface area contributed by atoms with E-state index in [9.17, 15) is 5.21 Å². The molecule has 13 heavy (non-hydrogen) atoms. The van der Waals surface area contributed by atoms with Gasteiger partial charge in [-0.05, 0) is 0 Å². The van der Waals surface area contributed by atoms with Gasteiger partial charge in [-0.25, -0.2) is 4.73 Å². The second-order valence-corrected chi connectivity index (χ2v) is 3.41. The number of rotatable bonds is 1. The van der Waals surface area contributed by atoms with E-state index in [0.717, 1.165) is 0 Å². The molecule has 1 rings (SSSR count).